The molecule has 0 saturated carbocycles. The van der Waals surface area contributed by atoms with Gasteiger partial charge in [-0.1, -0.05) is 0 Å². The Bertz CT molecular complexity index is 1100. The van der Waals surface area contributed by atoms with Gasteiger partial charge in [-0.15, -0.1) is 0 Å². The van der Waals surface area contributed by atoms with Crippen LogP contribution in [-0.4, -0.2) is 27.5 Å². The molecule has 14 heteroatoms. The van der Waals surface area contributed by atoms with Gasteiger partial charge in [-0.05, 0) is 12.1 Å². The number of methoxy groups -OCH3 is 1. The van der Waals surface area contributed by atoms with E-state index in [4.69, 9.17) is 0 Å². The molecule has 0 aliphatic carbocycles. The smallest absolute Gasteiger partial charge is 0.455 e. The van der Waals surface area contributed by atoms with Crippen molar-refractivity contribution in [3.05, 3.63) is 52.8 Å². The fourth-order valence-electron chi connectivity index (χ4n) is 2.14. The predicted octanol–water partition coefficient (Wildman–Crippen LogP) is 3.94. The summed E-state index contributed by atoms with van der Waals surface area (Å²) in [6.45, 7) is 0. The fourth-order valence-corrected chi connectivity index (χ4v) is 3.46. The van der Waals surface area contributed by atoms with Crippen LogP contribution in [0.1, 0.15) is 10.4 Å². The first-order valence-corrected chi connectivity index (χ1v) is 8.54. The summed E-state index contributed by atoms with van der Waals surface area (Å²) in [5.41, 5.74) is -3.34. The zero-order valence-electron chi connectivity index (χ0n) is 13.8. The molecule has 0 fully saturated rings. The number of halogens is 8. The third kappa shape index (κ3) is 4.11. The molecule has 0 amide bonds. The average Bonchev–Trinajstić information content (AvgIpc) is 2.61. The van der Waals surface area contributed by atoms with Gasteiger partial charge in [-0.25, -0.2) is 30.4 Å². The molecule has 0 aliphatic heterocycles. The lowest BCUT2D eigenvalue weighted by molar-refractivity contribution is -0.0890. The summed E-state index contributed by atoms with van der Waals surface area (Å²) in [4.78, 5) is 8.93. The molecule has 0 unspecified atom stereocenters. The summed E-state index contributed by atoms with van der Waals surface area (Å²) in [6.07, 6.45) is -5.96. The summed E-state index contributed by atoms with van der Waals surface area (Å²) in [5.74, 6) is -16.1. The fraction of sp³-hybridized carbons (Fsp3) is 0.133. The quantitative estimate of drug-likeness (QED) is 0.325. The number of hydrogen-bond acceptors (Lipinski definition) is 4. The average molecular weight is 449 g/mol. The first-order valence-electron chi connectivity index (χ1n) is 7.06. The van der Waals surface area contributed by atoms with Crippen molar-refractivity contribution in [3.8, 4) is 5.75 Å². The van der Waals surface area contributed by atoms with Crippen LogP contribution < -0.4 is 9.46 Å². The van der Waals surface area contributed by atoms with Gasteiger partial charge in [0.1, 0.15) is 4.90 Å². The number of hydrogen-bond donors (Lipinski definition) is 1. The molecule has 2 aromatic carbocycles. The van der Waals surface area contributed by atoms with E-state index in [9.17, 15) is 48.3 Å². The second kappa shape index (κ2) is 7.50. The number of rotatable bonds is 5. The number of Topliss-reactive ketones (excluding diaryl/α,β-unsaturated/α-hetero) is 1. The van der Waals surface area contributed by atoms with Crippen LogP contribution in [0.5, 0.6) is 5.75 Å². The monoisotopic (exact) mass is 449 g/mol. The molecule has 0 atom stereocenters. The van der Waals surface area contributed by atoms with E-state index in [2.05, 4.69) is 4.74 Å². The zero-order valence-corrected chi connectivity index (χ0v) is 14.6. The summed E-state index contributed by atoms with van der Waals surface area (Å²) in [7, 11) is -4.63. The second-order valence-electron chi connectivity index (χ2n) is 5.24. The lowest BCUT2D eigenvalue weighted by Crippen LogP contribution is -2.29. The van der Waals surface area contributed by atoms with E-state index < -0.39 is 67.2 Å². The van der Waals surface area contributed by atoms with Gasteiger partial charge in [0.25, 0.3) is 15.8 Å². The lowest BCUT2D eigenvalue weighted by atomic mass is 10.1. The van der Waals surface area contributed by atoms with Crippen molar-refractivity contribution >= 4 is 21.5 Å². The van der Waals surface area contributed by atoms with Crippen molar-refractivity contribution in [2.45, 2.75) is 11.1 Å². The van der Waals surface area contributed by atoms with Gasteiger partial charge in [0, 0.05) is 6.07 Å². The third-order valence-corrected chi connectivity index (χ3v) is 4.81. The van der Waals surface area contributed by atoms with Crippen LogP contribution in [0, 0.1) is 29.1 Å². The summed E-state index contributed by atoms with van der Waals surface area (Å²) in [6, 6.07) is 2.10. The Hall–Kier alpha value is -2.90. The second-order valence-corrected chi connectivity index (χ2v) is 6.86. The molecule has 0 bridgehead atoms. The molecule has 5 nitrogen and oxygen atoms in total. The van der Waals surface area contributed by atoms with Crippen molar-refractivity contribution in [2.24, 2.45) is 0 Å². The Morgan fingerprint density at radius 1 is 0.966 bits per heavy atom. The highest BCUT2D eigenvalue weighted by molar-refractivity contribution is 7.92. The van der Waals surface area contributed by atoms with E-state index in [1.54, 1.807) is 0 Å². The molecule has 2 rings (SSSR count). The van der Waals surface area contributed by atoms with Crippen molar-refractivity contribution < 1.29 is 53.1 Å². The maximum Gasteiger partial charge on any atom is 0.455 e. The molecule has 0 heterocycles. The van der Waals surface area contributed by atoms with Gasteiger partial charge >= 0.3 is 6.18 Å². The van der Waals surface area contributed by atoms with Crippen LogP contribution in [0.15, 0.2) is 23.1 Å². The van der Waals surface area contributed by atoms with Crippen molar-refractivity contribution in [2.75, 3.05) is 11.8 Å². The van der Waals surface area contributed by atoms with Crippen molar-refractivity contribution in [1.82, 2.24) is 0 Å². The van der Waals surface area contributed by atoms with Gasteiger partial charge in [0.15, 0.2) is 34.8 Å². The van der Waals surface area contributed by atoms with E-state index >= 15 is 0 Å². The zero-order chi connectivity index (χ0) is 22.3. The van der Waals surface area contributed by atoms with Gasteiger partial charge in [-0.3, -0.25) is 9.52 Å². The summed E-state index contributed by atoms with van der Waals surface area (Å²) in [5, 5.41) is 0. The normalized spacial score (nSPS) is 12.0. The Labute approximate surface area is 156 Å². The van der Waals surface area contributed by atoms with Crippen LogP contribution in [0.3, 0.4) is 0 Å². The van der Waals surface area contributed by atoms with Gasteiger partial charge in [-0.2, -0.15) is 13.2 Å². The number of ketones is 1. The first-order chi connectivity index (χ1) is 13.2. The highest BCUT2D eigenvalue weighted by Gasteiger charge is 2.47. The van der Waals surface area contributed by atoms with Crippen LogP contribution in [0.2, 0.25) is 0 Å². The topological polar surface area (TPSA) is 72.5 Å². The molecular formula is C15H7F8NO4S. The number of alkyl halides is 3. The van der Waals surface area contributed by atoms with Gasteiger partial charge in [0.2, 0.25) is 0 Å². The molecule has 0 radical (unpaired) electrons. The molecule has 0 aromatic heterocycles. The molecule has 0 aliphatic rings. The Morgan fingerprint density at radius 3 is 2.00 bits per heavy atom. The van der Waals surface area contributed by atoms with Crippen LogP contribution in [0.4, 0.5) is 40.8 Å². The minimum Gasteiger partial charge on any atom is -0.494 e. The standard InChI is InChI=1S/C15H7F8NO4S/c1-28-7-3-2-5(4-6(7)16)24-29(26,27)13-8(14(25)15(21,22)23)9(17)10(18)11(19)12(13)20/h2-4,24H,1H3. The Morgan fingerprint density at radius 2 is 1.52 bits per heavy atom. The molecule has 2 aromatic rings. The van der Waals surface area contributed by atoms with Gasteiger partial charge < -0.3 is 4.74 Å². The lowest BCUT2D eigenvalue weighted by Gasteiger charge is -2.16. The predicted molar refractivity (Wildman–Crippen MR) is 80.4 cm³/mol. The molecule has 0 saturated heterocycles. The van der Waals surface area contributed by atoms with Crippen molar-refractivity contribution in [1.29, 1.82) is 0 Å². The largest absolute Gasteiger partial charge is 0.494 e. The maximum atomic E-state index is 14.0. The highest BCUT2D eigenvalue weighted by Crippen LogP contribution is 2.34. The molecule has 0 spiro atoms. The Kier molecular flexibility index (Phi) is 5.79. The summed E-state index contributed by atoms with van der Waals surface area (Å²) < 4.78 is 137. The Balaban J connectivity index is 2.74. The SMILES string of the molecule is COc1ccc(NS(=O)(=O)c2c(F)c(F)c(F)c(F)c2C(=O)C(F)(F)F)cc1F. The van der Waals surface area contributed by atoms with E-state index in [-0.39, 0.29) is 5.75 Å². The van der Waals surface area contributed by atoms with Crippen LogP contribution >= 0.6 is 0 Å². The number of benzene rings is 2. The molecule has 158 valence electrons. The number of carbonyl (C=O) groups excluding carboxylic acids is 1. The van der Waals surface area contributed by atoms with Crippen molar-refractivity contribution in [3.63, 3.8) is 0 Å². The molecule has 1 N–H and O–H groups in total. The van der Waals surface area contributed by atoms with E-state index in [0.29, 0.717) is 6.07 Å². The first kappa shape index (κ1) is 22.4. The maximum absolute atomic E-state index is 14.0. The van der Waals surface area contributed by atoms with Crippen LogP contribution in [-0.2, 0) is 10.0 Å². The van der Waals surface area contributed by atoms with Gasteiger partial charge in [0.05, 0.1) is 18.4 Å². The number of sulfonamides is 1. The number of anilines is 1. The molecule has 29 heavy (non-hydrogen) atoms. The summed E-state index contributed by atoms with van der Waals surface area (Å²) >= 11 is 0. The van der Waals surface area contributed by atoms with Crippen LogP contribution in [0.25, 0.3) is 0 Å². The number of ether oxygens (including phenoxy) is 1. The number of nitrogens with one attached hydrogen (secondary N) is 1. The van der Waals surface area contributed by atoms with E-state index in [1.165, 1.54) is 4.72 Å². The number of carbonyl (C=O) groups is 1. The third-order valence-electron chi connectivity index (χ3n) is 3.38. The highest BCUT2D eigenvalue weighted by atomic mass is 32.2. The van der Waals surface area contributed by atoms with E-state index in [1.807, 2.05) is 0 Å². The minimum atomic E-state index is -5.96. The minimum absolute atomic E-state index is 0.383. The molecular weight excluding hydrogens is 442 g/mol. The van der Waals surface area contributed by atoms with E-state index in [0.717, 1.165) is 19.2 Å².